The molecular formula is C27H30N2O5. The summed E-state index contributed by atoms with van der Waals surface area (Å²) < 4.78 is 5.67. The van der Waals surface area contributed by atoms with Crippen LogP contribution in [0.15, 0.2) is 48.5 Å². The molecule has 7 nitrogen and oxygen atoms in total. The lowest BCUT2D eigenvalue weighted by Crippen LogP contribution is -2.51. The highest BCUT2D eigenvalue weighted by Crippen LogP contribution is 2.50. The van der Waals surface area contributed by atoms with Crippen LogP contribution < -0.4 is 10.6 Å². The second-order valence-electron chi connectivity index (χ2n) is 10.3. The largest absolute Gasteiger partial charge is 0.480 e. The lowest BCUT2D eigenvalue weighted by Gasteiger charge is -2.40. The Morgan fingerprint density at radius 1 is 0.971 bits per heavy atom. The van der Waals surface area contributed by atoms with E-state index < -0.39 is 17.6 Å². The minimum atomic E-state index is -1.29. The average molecular weight is 463 g/mol. The SMILES string of the molecule is CC(C)(NC(=O)C1C[C@H]2C[C@@H](NC(=O)OCC3c4ccccc4-c4ccccc43)[C@H]2C1)C(=O)O. The Morgan fingerprint density at radius 2 is 1.59 bits per heavy atom. The van der Waals surface area contributed by atoms with Crippen molar-refractivity contribution in [3.63, 3.8) is 0 Å². The standard InChI is InChI=1S/C27H30N2O5/c1-27(2,25(31)32)29-24(30)16-11-15-13-23(21(15)12-16)28-26(33)34-14-22-19-9-5-3-7-17(19)18-8-4-6-10-20(18)22/h3-10,15-16,21-23H,11-14H2,1-2H3,(H,28,33)(H,29,30)(H,31,32)/t15-,16?,21-,23+/m0/s1. The molecule has 3 aliphatic carbocycles. The molecule has 2 aromatic carbocycles. The van der Waals surface area contributed by atoms with Gasteiger partial charge in [-0.1, -0.05) is 48.5 Å². The van der Waals surface area contributed by atoms with Gasteiger partial charge < -0.3 is 20.5 Å². The number of fused-ring (bicyclic) bond motifs is 4. The Bertz CT molecular complexity index is 1100. The van der Waals surface area contributed by atoms with Gasteiger partial charge >= 0.3 is 12.1 Å². The number of amides is 2. The van der Waals surface area contributed by atoms with Crippen LogP contribution in [0.5, 0.6) is 0 Å². The van der Waals surface area contributed by atoms with E-state index in [0.717, 1.165) is 12.8 Å². The van der Waals surface area contributed by atoms with Crippen molar-refractivity contribution in [2.45, 2.75) is 50.6 Å². The first kappa shape index (κ1) is 22.4. The first-order valence-electron chi connectivity index (χ1n) is 11.9. The van der Waals surface area contributed by atoms with Crippen LogP contribution in [-0.4, -0.2) is 41.3 Å². The number of carboxylic acids is 1. The van der Waals surface area contributed by atoms with Gasteiger partial charge in [-0.15, -0.1) is 0 Å². The third-order valence-electron chi connectivity index (χ3n) is 7.81. The normalized spacial score (nSPS) is 24.9. The zero-order valence-corrected chi connectivity index (χ0v) is 19.4. The molecule has 0 spiro atoms. The summed E-state index contributed by atoms with van der Waals surface area (Å²) in [6.07, 6.45) is 1.78. The molecule has 2 fully saturated rings. The summed E-state index contributed by atoms with van der Waals surface area (Å²) in [7, 11) is 0. The topological polar surface area (TPSA) is 105 Å². The van der Waals surface area contributed by atoms with Gasteiger partial charge in [0.25, 0.3) is 0 Å². The molecule has 3 aliphatic rings. The number of hydrogen-bond acceptors (Lipinski definition) is 4. The molecule has 3 N–H and O–H groups in total. The van der Waals surface area contributed by atoms with Gasteiger partial charge in [-0.3, -0.25) is 4.79 Å². The Labute approximate surface area is 198 Å². The summed E-state index contributed by atoms with van der Waals surface area (Å²) in [5.74, 6) is -0.877. The maximum absolute atomic E-state index is 12.6. The monoisotopic (exact) mass is 462 g/mol. The molecule has 0 aliphatic heterocycles. The lowest BCUT2D eigenvalue weighted by atomic mass is 9.71. The predicted molar refractivity (Wildman–Crippen MR) is 126 cm³/mol. The van der Waals surface area contributed by atoms with Crippen molar-refractivity contribution in [2.24, 2.45) is 17.8 Å². The van der Waals surface area contributed by atoms with E-state index >= 15 is 0 Å². The van der Waals surface area contributed by atoms with Crippen molar-refractivity contribution >= 4 is 18.0 Å². The third-order valence-corrected chi connectivity index (χ3v) is 7.81. The maximum Gasteiger partial charge on any atom is 0.407 e. The summed E-state index contributed by atoms with van der Waals surface area (Å²) >= 11 is 0. The molecule has 0 saturated heterocycles. The number of rotatable bonds is 6. The fourth-order valence-corrected chi connectivity index (χ4v) is 5.86. The number of nitrogens with one attached hydrogen (secondary N) is 2. The molecule has 0 heterocycles. The number of aliphatic carboxylic acids is 1. The van der Waals surface area contributed by atoms with E-state index in [1.807, 2.05) is 24.3 Å². The molecule has 1 unspecified atom stereocenters. The molecule has 4 atom stereocenters. The summed E-state index contributed by atoms with van der Waals surface area (Å²) in [4.78, 5) is 36.5. The number of hydrogen-bond donors (Lipinski definition) is 3. The molecule has 0 bridgehead atoms. The smallest absolute Gasteiger partial charge is 0.407 e. The highest BCUT2D eigenvalue weighted by Gasteiger charge is 2.50. The number of ether oxygens (including phenoxy) is 1. The highest BCUT2D eigenvalue weighted by atomic mass is 16.5. The van der Waals surface area contributed by atoms with E-state index in [9.17, 15) is 19.5 Å². The van der Waals surface area contributed by atoms with Crippen LogP contribution in [0, 0.1) is 17.8 Å². The number of carbonyl (C=O) groups is 3. The van der Waals surface area contributed by atoms with Gasteiger partial charge in [0, 0.05) is 17.9 Å². The maximum atomic E-state index is 12.6. The molecule has 2 aromatic rings. The van der Waals surface area contributed by atoms with Crippen molar-refractivity contribution in [3.05, 3.63) is 59.7 Å². The average Bonchev–Trinajstić information content (AvgIpc) is 3.31. The minimum Gasteiger partial charge on any atom is -0.480 e. The van der Waals surface area contributed by atoms with Crippen LogP contribution in [0.25, 0.3) is 11.1 Å². The fourth-order valence-electron chi connectivity index (χ4n) is 5.86. The Kier molecular flexibility index (Phi) is 5.58. The molecule has 0 aromatic heterocycles. The van der Waals surface area contributed by atoms with Crippen molar-refractivity contribution in [3.8, 4) is 11.1 Å². The summed E-state index contributed by atoms with van der Waals surface area (Å²) in [5.41, 5.74) is 3.44. The van der Waals surface area contributed by atoms with Gasteiger partial charge in [0.05, 0.1) is 0 Å². The third kappa shape index (κ3) is 3.93. The van der Waals surface area contributed by atoms with E-state index in [1.165, 1.54) is 36.1 Å². The van der Waals surface area contributed by atoms with Gasteiger partial charge in [-0.25, -0.2) is 9.59 Å². The van der Waals surface area contributed by atoms with Crippen molar-refractivity contribution in [1.82, 2.24) is 10.6 Å². The van der Waals surface area contributed by atoms with Crippen LogP contribution in [0.3, 0.4) is 0 Å². The van der Waals surface area contributed by atoms with Gasteiger partial charge in [0.15, 0.2) is 0 Å². The summed E-state index contributed by atoms with van der Waals surface area (Å²) in [5, 5.41) is 14.9. The minimum absolute atomic E-state index is 0.00839. The van der Waals surface area contributed by atoms with E-state index in [4.69, 9.17) is 4.74 Å². The number of benzene rings is 2. The van der Waals surface area contributed by atoms with E-state index in [0.29, 0.717) is 12.3 Å². The van der Waals surface area contributed by atoms with Crippen LogP contribution in [0.2, 0.25) is 0 Å². The van der Waals surface area contributed by atoms with Crippen LogP contribution >= 0.6 is 0 Å². The van der Waals surface area contributed by atoms with Crippen LogP contribution in [-0.2, 0) is 14.3 Å². The number of carbonyl (C=O) groups excluding carboxylic acids is 2. The van der Waals surface area contributed by atoms with Gasteiger partial charge in [0.1, 0.15) is 12.1 Å². The fraction of sp³-hybridized carbons (Fsp3) is 0.444. The molecule has 178 valence electrons. The first-order chi connectivity index (χ1) is 16.2. The highest BCUT2D eigenvalue weighted by molar-refractivity contribution is 5.87. The van der Waals surface area contributed by atoms with E-state index in [-0.39, 0.29) is 36.3 Å². The number of carboxylic acid groups (broad SMARTS) is 1. The Morgan fingerprint density at radius 3 is 2.21 bits per heavy atom. The Balaban J connectivity index is 1.15. The summed E-state index contributed by atoms with van der Waals surface area (Å²) in [6, 6.07) is 16.4. The number of alkyl carbamates (subject to hydrolysis) is 1. The summed E-state index contributed by atoms with van der Waals surface area (Å²) in [6.45, 7) is 3.24. The first-order valence-corrected chi connectivity index (χ1v) is 11.9. The molecule has 34 heavy (non-hydrogen) atoms. The van der Waals surface area contributed by atoms with Gasteiger partial charge in [-0.05, 0) is 67.2 Å². The quantitative estimate of drug-likeness (QED) is 0.604. The van der Waals surface area contributed by atoms with Crippen molar-refractivity contribution in [2.75, 3.05) is 6.61 Å². The van der Waals surface area contributed by atoms with E-state index in [1.54, 1.807) is 0 Å². The second kappa shape index (κ2) is 8.46. The predicted octanol–water partition coefficient (Wildman–Crippen LogP) is 3.92. The van der Waals surface area contributed by atoms with Gasteiger partial charge in [0.2, 0.25) is 5.91 Å². The lowest BCUT2D eigenvalue weighted by molar-refractivity contribution is -0.146. The van der Waals surface area contributed by atoms with E-state index in [2.05, 4.69) is 34.9 Å². The second-order valence-corrected chi connectivity index (χ2v) is 10.3. The molecule has 0 radical (unpaired) electrons. The Hall–Kier alpha value is -3.35. The van der Waals surface area contributed by atoms with Crippen LogP contribution in [0.4, 0.5) is 4.79 Å². The molecular weight excluding hydrogens is 432 g/mol. The van der Waals surface area contributed by atoms with Crippen LogP contribution in [0.1, 0.15) is 50.2 Å². The molecule has 2 amide bonds. The van der Waals surface area contributed by atoms with Crippen molar-refractivity contribution < 1.29 is 24.2 Å². The molecule has 5 rings (SSSR count). The molecule has 7 heteroatoms. The zero-order valence-electron chi connectivity index (χ0n) is 19.4. The van der Waals surface area contributed by atoms with Gasteiger partial charge in [-0.2, -0.15) is 0 Å². The zero-order chi connectivity index (χ0) is 24.0. The van der Waals surface area contributed by atoms with Crippen molar-refractivity contribution in [1.29, 1.82) is 0 Å². The molecule has 2 saturated carbocycles.